The number of nitrogens with zero attached hydrogens (tertiary/aromatic N) is 1. The molecule has 0 aliphatic rings. The van der Waals surface area contributed by atoms with Crippen LogP contribution in [-0.4, -0.2) is 4.92 Å². The van der Waals surface area contributed by atoms with Gasteiger partial charge in [0.2, 0.25) is 0 Å². The van der Waals surface area contributed by atoms with Gasteiger partial charge in [-0.15, -0.1) is 0 Å². The molecule has 4 aromatic rings. The number of hydrogen-bond acceptors (Lipinski definition) is 2. The van der Waals surface area contributed by atoms with E-state index in [0.717, 1.165) is 40.9 Å². The van der Waals surface area contributed by atoms with E-state index in [1.165, 1.54) is 48.9 Å². The van der Waals surface area contributed by atoms with Crippen LogP contribution >= 0.6 is 0 Å². The largest absolute Gasteiger partial charge is 0.361 e. The lowest BCUT2D eigenvalue weighted by Crippen LogP contribution is -1.90. The molecule has 0 bridgehead atoms. The Labute approximate surface area is 207 Å². The fourth-order valence-corrected chi connectivity index (χ4v) is 4.16. The SMILES string of the molecule is CCCCc1ccc(-c2cc(-c3ccc(CCCC)cc3)[o+]c(-c3ccc([N+](=O)[O-])cc3)c2)cc1. The minimum atomic E-state index is -0.386. The van der Waals surface area contributed by atoms with Gasteiger partial charge in [-0.2, -0.15) is 0 Å². The van der Waals surface area contributed by atoms with Crippen LogP contribution < -0.4 is 0 Å². The fourth-order valence-electron chi connectivity index (χ4n) is 4.16. The molecule has 4 nitrogen and oxygen atoms in total. The molecule has 0 aliphatic heterocycles. The van der Waals surface area contributed by atoms with Crippen LogP contribution in [0.25, 0.3) is 33.8 Å². The Hall–Kier alpha value is -3.79. The van der Waals surface area contributed by atoms with Crippen molar-refractivity contribution in [1.29, 1.82) is 0 Å². The molecule has 178 valence electrons. The maximum absolute atomic E-state index is 11.1. The van der Waals surface area contributed by atoms with E-state index < -0.39 is 0 Å². The van der Waals surface area contributed by atoms with Crippen molar-refractivity contribution in [2.24, 2.45) is 0 Å². The molecule has 0 saturated heterocycles. The van der Waals surface area contributed by atoms with E-state index in [-0.39, 0.29) is 10.6 Å². The predicted molar refractivity (Wildman–Crippen MR) is 143 cm³/mol. The minimum Gasteiger partial charge on any atom is -0.258 e. The summed E-state index contributed by atoms with van der Waals surface area (Å²) in [5.41, 5.74) is 6.71. The Kier molecular flexibility index (Phi) is 8.04. The van der Waals surface area contributed by atoms with Crippen LogP contribution in [0.5, 0.6) is 0 Å². The predicted octanol–water partition coefficient (Wildman–Crippen LogP) is 9.16. The second-order valence-electron chi connectivity index (χ2n) is 8.98. The third-order valence-corrected chi connectivity index (χ3v) is 6.32. The molecule has 0 N–H and O–H groups in total. The molecule has 35 heavy (non-hydrogen) atoms. The molecule has 0 aliphatic carbocycles. The highest BCUT2D eigenvalue weighted by molar-refractivity contribution is 5.75. The van der Waals surface area contributed by atoms with Crippen LogP contribution in [0.1, 0.15) is 50.7 Å². The Morgan fingerprint density at radius 1 is 0.629 bits per heavy atom. The standard InChI is InChI=1S/C31H32NO3/c1-3-5-7-23-9-13-25(14-10-23)28-21-30(26-15-11-24(12-16-26)8-6-4-2)35-31(22-28)27-17-19-29(20-18-27)32(33)34/h9-22H,3-8H2,1-2H3/q+1. The zero-order valence-corrected chi connectivity index (χ0v) is 20.5. The molecule has 0 unspecified atom stereocenters. The summed E-state index contributed by atoms with van der Waals surface area (Å²) in [7, 11) is 0. The number of nitro groups is 1. The molecule has 3 aromatic carbocycles. The Morgan fingerprint density at radius 2 is 1.06 bits per heavy atom. The van der Waals surface area contributed by atoms with Gasteiger partial charge in [-0.05, 0) is 66.6 Å². The zero-order chi connectivity index (χ0) is 24.6. The van der Waals surface area contributed by atoms with Crippen LogP contribution in [0.15, 0.2) is 89.3 Å². The summed E-state index contributed by atoms with van der Waals surface area (Å²) in [5.74, 6) is 1.45. The van der Waals surface area contributed by atoms with Gasteiger partial charge in [0.05, 0.1) is 28.2 Å². The molecule has 0 amide bonds. The van der Waals surface area contributed by atoms with E-state index in [2.05, 4.69) is 68.4 Å². The van der Waals surface area contributed by atoms with Crippen LogP contribution in [0, 0.1) is 10.1 Å². The first-order valence-electron chi connectivity index (χ1n) is 12.5. The van der Waals surface area contributed by atoms with Crippen molar-refractivity contribution in [3.8, 4) is 33.8 Å². The number of benzene rings is 3. The second kappa shape index (κ2) is 11.6. The van der Waals surface area contributed by atoms with E-state index in [1.54, 1.807) is 12.1 Å². The number of nitro benzene ring substituents is 1. The Balaban J connectivity index is 1.74. The monoisotopic (exact) mass is 466 g/mol. The summed E-state index contributed by atoms with van der Waals surface area (Å²) < 4.78 is 6.34. The maximum atomic E-state index is 11.1. The molecule has 1 aromatic heterocycles. The highest BCUT2D eigenvalue weighted by Gasteiger charge is 2.21. The molecule has 0 atom stereocenters. The van der Waals surface area contributed by atoms with Crippen LogP contribution in [0.3, 0.4) is 0 Å². The molecule has 0 spiro atoms. The average molecular weight is 467 g/mol. The summed E-state index contributed by atoms with van der Waals surface area (Å²) >= 11 is 0. The smallest absolute Gasteiger partial charge is 0.258 e. The van der Waals surface area contributed by atoms with Crippen LogP contribution in [0.4, 0.5) is 5.69 Å². The van der Waals surface area contributed by atoms with E-state index in [0.29, 0.717) is 5.76 Å². The van der Waals surface area contributed by atoms with Gasteiger partial charge >= 0.3 is 11.5 Å². The summed E-state index contributed by atoms with van der Waals surface area (Å²) in [4.78, 5) is 10.7. The van der Waals surface area contributed by atoms with Gasteiger partial charge in [0.15, 0.2) is 0 Å². The van der Waals surface area contributed by atoms with Crippen LogP contribution in [0.2, 0.25) is 0 Å². The third-order valence-electron chi connectivity index (χ3n) is 6.32. The van der Waals surface area contributed by atoms with Gasteiger partial charge in [-0.1, -0.05) is 63.1 Å². The Morgan fingerprint density at radius 3 is 1.49 bits per heavy atom. The van der Waals surface area contributed by atoms with E-state index in [1.807, 2.05) is 6.07 Å². The van der Waals surface area contributed by atoms with Crippen molar-refractivity contribution in [3.63, 3.8) is 0 Å². The topological polar surface area (TPSA) is 54.4 Å². The van der Waals surface area contributed by atoms with Gasteiger partial charge in [-0.25, -0.2) is 4.42 Å². The van der Waals surface area contributed by atoms with E-state index in [4.69, 9.17) is 4.42 Å². The van der Waals surface area contributed by atoms with Crippen molar-refractivity contribution in [3.05, 3.63) is 106 Å². The number of aryl methyl sites for hydroxylation is 2. The lowest BCUT2D eigenvalue weighted by atomic mass is 9.99. The summed E-state index contributed by atoms with van der Waals surface area (Å²) in [6.07, 6.45) is 6.89. The number of non-ortho nitro benzene ring substituents is 1. The highest BCUT2D eigenvalue weighted by atomic mass is 16.6. The van der Waals surface area contributed by atoms with Crippen molar-refractivity contribution >= 4 is 5.69 Å². The number of rotatable bonds is 10. The van der Waals surface area contributed by atoms with Crippen molar-refractivity contribution in [2.45, 2.75) is 52.4 Å². The molecule has 0 fully saturated rings. The Bertz CT molecular complexity index is 1190. The zero-order valence-electron chi connectivity index (χ0n) is 20.5. The fraction of sp³-hybridized carbons (Fsp3) is 0.258. The first-order chi connectivity index (χ1) is 17.1. The summed E-state index contributed by atoms with van der Waals surface area (Å²) in [5, 5.41) is 11.1. The van der Waals surface area contributed by atoms with Crippen molar-refractivity contribution < 1.29 is 9.34 Å². The summed E-state index contributed by atoms with van der Waals surface area (Å²) in [6, 6.07) is 27.9. The highest BCUT2D eigenvalue weighted by Crippen LogP contribution is 2.34. The molecule has 0 saturated carbocycles. The number of hydrogen-bond donors (Lipinski definition) is 0. The first kappa shape index (κ1) is 24.3. The van der Waals surface area contributed by atoms with Gasteiger partial charge in [-0.3, -0.25) is 10.1 Å². The van der Waals surface area contributed by atoms with Crippen molar-refractivity contribution in [2.75, 3.05) is 0 Å². The van der Waals surface area contributed by atoms with Gasteiger partial charge in [0.25, 0.3) is 5.69 Å². The minimum absolute atomic E-state index is 0.0652. The molecule has 4 heteroatoms. The maximum Gasteiger partial charge on any atom is 0.361 e. The third kappa shape index (κ3) is 6.21. The summed E-state index contributed by atoms with van der Waals surface area (Å²) in [6.45, 7) is 4.41. The average Bonchev–Trinajstić information content (AvgIpc) is 2.91. The molecule has 0 radical (unpaired) electrons. The van der Waals surface area contributed by atoms with Crippen molar-refractivity contribution in [1.82, 2.24) is 0 Å². The lowest BCUT2D eigenvalue weighted by molar-refractivity contribution is -0.384. The number of unbranched alkanes of at least 4 members (excludes halogenated alkanes) is 2. The van der Waals surface area contributed by atoms with Gasteiger partial charge < -0.3 is 0 Å². The molecular formula is C31H32NO3+. The second-order valence-corrected chi connectivity index (χ2v) is 8.98. The first-order valence-corrected chi connectivity index (χ1v) is 12.5. The molecule has 1 heterocycles. The molecular weight excluding hydrogens is 434 g/mol. The van der Waals surface area contributed by atoms with Gasteiger partial charge in [0.1, 0.15) is 0 Å². The van der Waals surface area contributed by atoms with Crippen LogP contribution in [-0.2, 0) is 12.8 Å². The lowest BCUT2D eigenvalue weighted by Gasteiger charge is -2.05. The van der Waals surface area contributed by atoms with Gasteiger partial charge in [0, 0.05) is 17.7 Å². The normalized spacial score (nSPS) is 10.9. The van der Waals surface area contributed by atoms with E-state index in [9.17, 15) is 10.1 Å². The molecule has 4 rings (SSSR count). The quantitative estimate of drug-likeness (QED) is 0.133. The van der Waals surface area contributed by atoms with E-state index >= 15 is 0 Å².